The van der Waals surface area contributed by atoms with Crippen LogP contribution in [0.4, 0.5) is 23.3 Å². The fourth-order valence-electron chi connectivity index (χ4n) is 4.58. The molecular weight excluding hydrogens is 444 g/mol. The number of carbonyl (C=O) groups is 1. The molecule has 2 saturated heterocycles. The van der Waals surface area contributed by atoms with Gasteiger partial charge in [0, 0.05) is 50.7 Å². The second-order valence-corrected chi connectivity index (χ2v) is 9.35. The van der Waals surface area contributed by atoms with Crippen LogP contribution in [0, 0.1) is 0 Å². The van der Waals surface area contributed by atoms with Crippen LogP contribution in [0.3, 0.4) is 0 Å². The number of rotatable bonds is 5. The minimum atomic E-state index is -0.667. The molecule has 184 valence electrons. The van der Waals surface area contributed by atoms with Crippen molar-refractivity contribution in [1.82, 2.24) is 24.8 Å². The Morgan fingerprint density at radius 3 is 2.57 bits per heavy atom. The third-order valence-electron chi connectivity index (χ3n) is 6.66. The molecule has 0 bridgehead atoms. The van der Waals surface area contributed by atoms with Crippen molar-refractivity contribution in [3.05, 3.63) is 36.3 Å². The lowest BCUT2D eigenvalue weighted by Crippen LogP contribution is -2.32. The number of likely N-dealkylation sites (N-methyl/N-ethyl adjacent to an activating group) is 1. The molecule has 3 aromatic rings. The molecule has 10 nitrogen and oxygen atoms in total. The summed E-state index contributed by atoms with van der Waals surface area (Å²) in [6, 6.07) is 5.58. The highest BCUT2D eigenvalue weighted by Crippen LogP contribution is 2.29. The van der Waals surface area contributed by atoms with E-state index in [0.29, 0.717) is 30.4 Å². The van der Waals surface area contributed by atoms with E-state index in [9.17, 15) is 9.90 Å². The van der Waals surface area contributed by atoms with Gasteiger partial charge in [-0.2, -0.15) is 0 Å². The molecule has 0 saturated carbocycles. The molecule has 0 aliphatic carbocycles. The quantitative estimate of drug-likeness (QED) is 0.574. The highest BCUT2D eigenvalue weighted by atomic mass is 16.3. The van der Waals surface area contributed by atoms with Crippen LogP contribution < -0.4 is 15.1 Å². The summed E-state index contributed by atoms with van der Waals surface area (Å²) in [4.78, 5) is 37.2. The maximum Gasteiger partial charge on any atom is 0.229 e. The molecule has 1 atom stereocenters. The van der Waals surface area contributed by atoms with Crippen molar-refractivity contribution in [3.8, 4) is 0 Å². The minimum Gasteiger partial charge on any atom is -0.387 e. The number of anilines is 4. The van der Waals surface area contributed by atoms with Crippen molar-refractivity contribution in [2.45, 2.75) is 38.7 Å². The number of amides is 1. The van der Waals surface area contributed by atoms with Gasteiger partial charge in [-0.05, 0) is 51.4 Å². The van der Waals surface area contributed by atoms with Gasteiger partial charge < -0.3 is 25.1 Å². The Kier molecular flexibility index (Phi) is 6.74. The molecule has 5 heterocycles. The van der Waals surface area contributed by atoms with E-state index >= 15 is 0 Å². The standard InChI is InChI=1S/C25H32N8O2/c1-17(34)20-14-18-15-27-25(30-23(18)24(28-20)32-9-4-3-5-10-32)29-21-7-6-19(16-26-21)33-13-12-31(2)11-8-22(33)35/h6-7,14-17,34H,3-5,8-13H2,1-2H3,(H,26,27,29,30). The number of nitrogens with one attached hydrogen (secondary N) is 1. The Balaban J connectivity index is 1.40. The van der Waals surface area contributed by atoms with E-state index in [1.165, 1.54) is 6.42 Å². The first-order chi connectivity index (χ1) is 17.0. The van der Waals surface area contributed by atoms with Crippen molar-refractivity contribution in [2.24, 2.45) is 0 Å². The molecule has 1 unspecified atom stereocenters. The number of pyridine rings is 2. The van der Waals surface area contributed by atoms with Gasteiger partial charge in [0.05, 0.1) is 23.7 Å². The molecule has 0 aromatic carbocycles. The van der Waals surface area contributed by atoms with E-state index in [1.54, 1.807) is 24.2 Å². The highest BCUT2D eigenvalue weighted by molar-refractivity contribution is 5.93. The third-order valence-corrected chi connectivity index (χ3v) is 6.66. The summed E-state index contributed by atoms with van der Waals surface area (Å²) in [5.41, 5.74) is 2.16. The molecule has 10 heteroatoms. The van der Waals surface area contributed by atoms with Gasteiger partial charge in [0.1, 0.15) is 11.3 Å². The first kappa shape index (κ1) is 23.4. The van der Waals surface area contributed by atoms with Gasteiger partial charge in [-0.25, -0.2) is 19.9 Å². The maximum absolute atomic E-state index is 12.5. The molecule has 35 heavy (non-hydrogen) atoms. The summed E-state index contributed by atoms with van der Waals surface area (Å²) in [6.45, 7) is 5.82. The van der Waals surface area contributed by atoms with Crippen LogP contribution in [0.2, 0.25) is 0 Å². The monoisotopic (exact) mass is 476 g/mol. The molecule has 2 aliphatic rings. The summed E-state index contributed by atoms with van der Waals surface area (Å²) in [7, 11) is 2.03. The normalized spacial score (nSPS) is 18.5. The van der Waals surface area contributed by atoms with Gasteiger partial charge in [-0.3, -0.25) is 4.79 Å². The van der Waals surface area contributed by atoms with E-state index in [4.69, 9.17) is 9.97 Å². The molecule has 2 N–H and O–H groups in total. The third kappa shape index (κ3) is 5.18. The number of hydrogen-bond donors (Lipinski definition) is 2. The number of hydrogen-bond acceptors (Lipinski definition) is 9. The highest BCUT2D eigenvalue weighted by Gasteiger charge is 2.21. The van der Waals surface area contributed by atoms with Gasteiger partial charge in [0.2, 0.25) is 11.9 Å². The summed E-state index contributed by atoms with van der Waals surface area (Å²) in [6.07, 6.45) is 6.75. The number of aliphatic hydroxyl groups excluding tert-OH is 1. The fourth-order valence-corrected chi connectivity index (χ4v) is 4.58. The van der Waals surface area contributed by atoms with Crippen LogP contribution in [-0.2, 0) is 4.79 Å². The predicted octanol–water partition coefficient (Wildman–Crippen LogP) is 2.88. The van der Waals surface area contributed by atoms with Gasteiger partial charge in [0.25, 0.3) is 0 Å². The average molecular weight is 477 g/mol. The summed E-state index contributed by atoms with van der Waals surface area (Å²) < 4.78 is 0. The van der Waals surface area contributed by atoms with Crippen molar-refractivity contribution in [1.29, 1.82) is 0 Å². The Morgan fingerprint density at radius 1 is 1.00 bits per heavy atom. The van der Waals surface area contributed by atoms with Crippen LogP contribution in [0.5, 0.6) is 0 Å². The number of piperidine rings is 1. The topological polar surface area (TPSA) is 111 Å². The number of carbonyl (C=O) groups excluding carboxylic acids is 1. The molecule has 3 aromatic heterocycles. The summed E-state index contributed by atoms with van der Waals surface area (Å²) in [5.74, 6) is 1.93. The maximum atomic E-state index is 12.5. The first-order valence-corrected chi connectivity index (χ1v) is 12.3. The van der Waals surface area contributed by atoms with Gasteiger partial charge in [-0.1, -0.05) is 0 Å². The average Bonchev–Trinajstić information content (AvgIpc) is 3.05. The molecule has 2 fully saturated rings. The van der Waals surface area contributed by atoms with Crippen LogP contribution in [-0.4, -0.2) is 75.6 Å². The minimum absolute atomic E-state index is 0.115. The van der Waals surface area contributed by atoms with Crippen LogP contribution in [0.25, 0.3) is 10.9 Å². The molecular formula is C25H32N8O2. The van der Waals surface area contributed by atoms with E-state index in [1.807, 2.05) is 25.2 Å². The Bertz CT molecular complexity index is 1190. The first-order valence-electron chi connectivity index (χ1n) is 12.3. The van der Waals surface area contributed by atoms with E-state index in [2.05, 4.69) is 25.1 Å². The number of aromatic nitrogens is 4. The zero-order chi connectivity index (χ0) is 24.4. The molecule has 0 spiro atoms. The Morgan fingerprint density at radius 2 is 1.83 bits per heavy atom. The molecule has 1 amide bonds. The smallest absolute Gasteiger partial charge is 0.229 e. The van der Waals surface area contributed by atoms with Crippen molar-refractivity contribution >= 4 is 40.1 Å². The fraction of sp³-hybridized carbons (Fsp3) is 0.480. The Labute approximate surface area is 205 Å². The van der Waals surface area contributed by atoms with Crippen LogP contribution >= 0.6 is 0 Å². The zero-order valence-electron chi connectivity index (χ0n) is 20.3. The second-order valence-electron chi connectivity index (χ2n) is 9.35. The van der Waals surface area contributed by atoms with Gasteiger partial charge in [-0.15, -0.1) is 0 Å². The molecule has 5 rings (SSSR count). The van der Waals surface area contributed by atoms with Crippen LogP contribution in [0.15, 0.2) is 30.6 Å². The lowest BCUT2D eigenvalue weighted by Gasteiger charge is -2.29. The molecule has 2 aliphatic heterocycles. The summed E-state index contributed by atoms with van der Waals surface area (Å²) in [5, 5.41) is 14.2. The van der Waals surface area contributed by atoms with Gasteiger partial charge in [0.15, 0.2) is 5.82 Å². The predicted molar refractivity (Wildman–Crippen MR) is 136 cm³/mol. The second kappa shape index (κ2) is 10.1. The lowest BCUT2D eigenvalue weighted by atomic mass is 10.1. The van der Waals surface area contributed by atoms with E-state index in [-0.39, 0.29) is 5.91 Å². The number of nitrogens with zero attached hydrogens (tertiary/aromatic N) is 7. The van der Waals surface area contributed by atoms with Crippen molar-refractivity contribution in [3.63, 3.8) is 0 Å². The summed E-state index contributed by atoms with van der Waals surface area (Å²) >= 11 is 0. The Hall–Kier alpha value is -3.37. The van der Waals surface area contributed by atoms with Gasteiger partial charge >= 0.3 is 0 Å². The lowest BCUT2D eigenvalue weighted by molar-refractivity contribution is -0.118. The van der Waals surface area contributed by atoms with E-state index in [0.717, 1.165) is 61.4 Å². The number of aliphatic hydroxyl groups is 1. The van der Waals surface area contributed by atoms with Crippen molar-refractivity contribution in [2.75, 3.05) is 54.9 Å². The SMILES string of the molecule is CC(O)c1cc2cnc(Nc3ccc(N4CCN(C)CCC4=O)cn3)nc2c(N2CCCCC2)n1. The van der Waals surface area contributed by atoms with Crippen molar-refractivity contribution < 1.29 is 9.90 Å². The molecule has 0 radical (unpaired) electrons. The van der Waals surface area contributed by atoms with Crippen LogP contribution in [0.1, 0.15) is 44.4 Å². The largest absolute Gasteiger partial charge is 0.387 e. The number of fused-ring (bicyclic) bond motifs is 1. The zero-order valence-corrected chi connectivity index (χ0v) is 20.3. The van der Waals surface area contributed by atoms with E-state index < -0.39 is 6.10 Å².